The minimum Gasteiger partial charge on any atom is -0.306 e. The number of rotatable bonds is 5. The molecule has 0 spiro atoms. The molecule has 2 amide bonds. The van der Waals surface area contributed by atoms with Gasteiger partial charge in [0.15, 0.2) is 0 Å². The van der Waals surface area contributed by atoms with E-state index in [9.17, 15) is 4.79 Å². The number of carbonyl (C=O) groups is 1. The van der Waals surface area contributed by atoms with Crippen LogP contribution >= 0.6 is 23.2 Å². The fourth-order valence-electron chi connectivity index (χ4n) is 2.05. The maximum Gasteiger partial charge on any atom is 0.326 e. The van der Waals surface area contributed by atoms with E-state index < -0.39 is 0 Å². The summed E-state index contributed by atoms with van der Waals surface area (Å²) in [5.41, 5.74) is 1.36. The molecule has 0 unspecified atom stereocenters. The molecule has 0 atom stereocenters. The van der Waals surface area contributed by atoms with Crippen LogP contribution in [0.15, 0.2) is 48.5 Å². The van der Waals surface area contributed by atoms with E-state index in [1.165, 1.54) is 0 Å². The van der Waals surface area contributed by atoms with E-state index >= 15 is 0 Å². The van der Waals surface area contributed by atoms with Crippen molar-refractivity contribution in [2.45, 2.75) is 19.8 Å². The van der Waals surface area contributed by atoms with Gasteiger partial charge in [-0.25, -0.2) is 4.79 Å². The molecular weight excluding hydrogens is 319 g/mol. The molecule has 0 saturated carbocycles. The first-order chi connectivity index (χ1) is 10.6. The summed E-state index contributed by atoms with van der Waals surface area (Å²) in [6.07, 6.45) is 1.93. The highest BCUT2D eigenvalue weighted by Crippen LogP contribution is 2.26. The third-order valence-corrected chi connectivity index (χ3v) is 3.78. The number of para-hydroxylation sites is 1. The summed E-state index contributed by atoms with van der Waals surface area (Å²) in [4.78, 5) is 14.3. The monoisotopic (exact) mass is 336 g/mol. The Morgan fingerprint density at radius 3 is 2.55 bits per heavy atom. The molecule has 3 nitrogen and oxygen atoms in total. The standard InChI is InChI=1S/C17H18Cl2N2O/c1-2-3-11-21(14-7-5-4-6-8-14)17(22)20-16-12-13(18)9-10-15(16)19/h4-10,12H,2-3,11H2,1H3,(H,20,22). The van der Waals surface area contributed by atoms with E-state index in [-0.39, 0.29) is 6.03 Å². The van der Waals surface area contributed by atoms with Crippen LogP contribution in [0, 0.1) is 0 Å². The fraction of sp³-hybridized carbons (Fsp3) is 0.235. The average Bonchev–Trinajstić information content (AvgIpc) is 2.52. The third kappa shape index (κ3) is 4.39. The number of unbranched alkanes of at least 4 members (excludes halogenated alkanes) is 1. The van der Waals surface area contributed by atoms with Crippen molar-refractivity contribution in [2.24, 2.45) is 0 Å². The zero-order valence-corrected chi connectivity index (χ0v) is 13.9. The van der Waals surface area contributed by atoms with Gasteiger partial charge in [-0.2, -0.15) is 0 Å². The van der Waals surface area contributed by atoms with Crippen LogP contribution in [-0.2, 0) is 0 Å². The van der Waals surface area contributed by atoms with Crippen molar-refractivity contribution >= 4 is 40.6 Å². The Labute approximate surface area is 140 Å². The summed E-state index contributed by atoms with van der Waals surface area (Å²) in [6.45, 7) is 2.74. The Hall–Kier alpha value is -1.71. The van der Waals surface area contributed by atoms with Gasteiger partial charge >= 0.3 is 6.03 Å². The lowest BCUT2D eigenvalue weighted by atomic mass is 10.2. The maximum atomic E-state index is 12.6. The number of anilines is 2. The minimum absolute atomic E-state index is 0.219. The van der Waals surface area contributed by atoms with E-state index in [4.69, 9.17) is 23.2 Å². The number of carbonyl (C=O) groups excluding carboxylic acids is 1. The number of nitrogens with one attached hydrogen (secondary N) is 1. The molecule has 2 aromatic rings. The van der Waals surface area contributed by atoms with Crippen LogP contribution < -0.4 is 10.2 Å². The van der Waals surface area contributed by atoms with E-state index in [1.807, 2.05) is 30.3 Å². The van der Waals surface area contributed by atoms with Crippen LogP contribution in [0.1, 0.15) is 19.8 Å². The highest BCUT2D eigenvalue weighted by Gasteiger charge is 2.16. The fourth-order valence-corrected chi connectivity index (χ4v) is 2.38. The second-order valence-corrected chi connectivity index (χ2v) is 5.74. The molecule has 0 radical (unpaired) electrons. The van der Waals surface area contributed by atoms with Gasteiger partial charge in [0.05, 0.1) is 10.7 Å². The number of benzene rings is 2. The van der Waals surface area contributed by atoms with Gasteiger partial charge in [0.1, 0.15) is 0 Å². The van der Waals surface area contributed by atoms with Gasteiger partial charge in [-0.05, 0) is 36.8 Å². The Balaban J connectivity index is 2.20. The first kappa shape index (κ1) is 16.7. The summed E-state index contributed by atoms with van der Waals surface area (Å²) in [5, 5.41) is 3.82. The van der Waals surface area contributed by atoms with Gasteiger partial charge in [-0.3, -0.25) is 4.90 Å². The molecule has 22 heavy (non-hydrogen) atoms. The second kappa shape index (κ2) is 8.06. The van der Waals surface area contributed by atoms with Crippen molar-refractivity contribution in [3.05, 3.63) is 58.6 Å². The van der Waals surface area contributed by atoms with E-state index in [1.54, 1.807) is 23.1 Å². The van der Waals surface area contributed by atoms with Gasteiger partial charge < -0.3 is 5.32 Å². The Kier molecular flexibility index (Phi) is 6.10. The summed E-state index contributed by atoms with van der Waals surface area (Å²) in [5.74, 6) is 0. The predicted molar refractivity (Wildman–Crippen MR) is 94.2 cm³/mol. The van der Waals surface area contributed by atoms with Crippen molar-refractivity contribution in [1.29, 1.82) is 0 Å². The highest BCUT2D eigenvalue weighted by atomic mass is 35.5. The molecule has 5 heteroatoms. The molecular formula is C17H18Cl2N2O. The Morgan fingerprint density at radius 1 is 1.14 bits per heavy atom. The van der Waals surface area contributed by atoms with Crippen molar-refractivity contribution in [2.75, 3.05) is 16.8 Å². The number of urea groups is 1. The summed E-state index contributed by atoms with van der Waals surface area (Å²) >= 11 is 12.1. The van der Waals surface area contributed by atoms with E-state index in [0.29, 0.717) is 22.3 Å². The van der Waals surface area contributed by atoms with Crippen LogP contribution in [0.2, 0.25) is 10.0 Å². The Bertz CT molecular complexity index is 632. The molecule has 1 N–H and O–H groups in total. The minimum atomic E-state index is -0.219. The summed E-state index contributed by atoms with van der Waals surface area (Å²) in [7, 11) is 0. The second-order valence-electron chi connectivity index (χ2n) is 4.90. The molecule has 0 bridgehead atoms. The number of hydrogen-bond acceptors (Lipinski definition) is 1. The lowest BCUT2D eigenvalue weighted by molar-refractivity contribution is 0.257. The quantitative estimate of drug-likeness (QED) is 0.731. The summed E-state index contributed by atoms with van der Waals surface area (Å²) in [6, 6.07) is 14.3. The van der Waals surface area contributed by atoms with Gasteiger partial charge in [0.25, 0.3) is 0 Å². The first-order valence-electron chi connectivity index (χ1n) is 7.20. The molecule has 0 aliphatic carbocycles. The zero-order valence-electron chi connectivity index (χ0n) is 12.4. The first-order valence-corrected chi connectivity index (χ1v) is 7.96. The molecule has 2 aromatic carbocycles. The smallest absolute Gasteiger partial charge is 0.306 e. The third-order valence-electron chi connectivity index (χ3n) is 3.22. The molecule has 0 heterocycles. The zero-order chi connectivity index (χ0) is 15.9. The number of amides is 2. The van der Waals surface area contributed by atoms with Crippen molar-refractivity contribution in [3.63, 3.8) is 0 Å². The van der Waals surface area contributed by atoms with Gasteiger partial charge in [-0.15, -0.1) is 0 Å². The summed E-state index contributed by atoms with van der Waals surface area (Å²) < 4.78 is 0. The average molecular weight is 337 g/mol. The van der Waals surface area contributed by atoms with E-state index in [0.717, 1.165) is 18.5 Å². The van der Waals surface area contributed by atoms with Crippen LogP contribution in [0.5, 0.6) is 0 Å². The predicted octanol–water partition coefficient (Wildman–Crippen LogP) is 5.83. The van der Waals surface area contributed by atoms with Crippen LogP contribution in [0.25, 0.3) is 0 Å². The van der Waals surface area contributed by atoms with Crippen molar-refractivity contribution < 1.29 is 4.79 Å². The molecule has 0 saturated heterocycles. The number of halogens is 2. The molecule has 0 aliphatic rings. The topological polar surface area (TPSA) is 32.3 Å². The van der Waals surface area contributed by atoms with E-state index in [2.05, 4.69) is 12.2 Å². The Morgan fingerprint density at radius 2 is 1.86 bits per heavy atom. The van der Waals surface area contributed by atoms with Crippen molar-refractivity contribution in [3.8, 4) is 0 Å². The van der Waals surface area contributed by atoms with Crippen molar-refractivity contribution in [1.82, 2.24) is 0 Å². The van der Waals surface area contributed by atoms with Gasteiger partial charge in [-0.1, -0.05) is 54.7 Å². The van der Waals surface area contributed by atoms with Crippen LogP contribution in [0.3, 0.4) is 0 Å². The maximum absolute atomic E-state index is 12.6. The SMILES string of the molecule is CCCCN(C(=O)Nc1cc(Cl)ccc1Cl)c1ccccc1. The lowest BCUT2D eigenvalue weighted by Crippen LogP contribution is -2.35. The van der Waals surface area contributed by atoms with Gasteiger partial charge in [0, 0.05) is 17.3 Å². The van der Waals surface area contributed by atoms with Crippen LogP contribution in [-0.4, -0.2) is 12.6 Å². The molecule has 0 aromatic heterocycles. The molecule has 116 valence electrons. The lowest BCUT2D eigenvalue weighted by Gasteiger charge is -2.23. The molecule has 2 rings (SSSR count). The normalized spacial score (nSPS) is 10.3. The number of hydrogen-bond donors (Lipinski definition) is 1. The molecule has 0 fully saturated rings. The highest BCUT2D eigenvalue weighted by molar-refractivity contribution is 6.35. The largest absolute Gasteiger partial charge is 0.326 e. The van der Waals surface area contributed by atoms with Crippen LogP contribution in [0.4, 0.5) is 16.2 Å². The molecule has 0 aliphatic heterocycles. The van der Waals surface area contributed by atoms with Gasteiger partial charge in [0.2, 0.25) is 0 Å². The number of nitrogens with zero attached hydrogens (tertiary/aromatic N) is 1.